The Labute approximate surface area is 124 Å². The van der Waals surface area contributed by atoms with Crippen molar-refractivity contribution < 1.29 is 4.79 Å². The maximum absolute atomic E-state index is 12.6. The summed E-state index contributed by atoms with van der Waals surface area (Å²) in [6.45, 7) is 0.819. The standard InChI is InChI=1S/C14H13BrN2OS/c15-11-5-3-10(4-6-11)14(18)17-8-1-2-12(17)13-16-7-9-19-13/h3-7,9,12H,1-2,8H2. The van der Waals surface area contributed by atoms with E-state index in [0.29, 0.717) is 0 Å². The van der Waals surface area contributed by atoms with Crippen molar-refractivity contribution >= 4 is 33.2 Å². The molecule has 3 nitrogen and oxygen atoms in total. The molecule has 5 heteroatoms. The molecule has 1 atom stereocenters. The molecule has 1 amide bonds. The lowest BCUT2D eigenvalue weighted by Crippen LogP contribution is -2.30. The van der Waals surface area contributed by atoms with Crippen molar-refractivity contribution in [2.75, 3.05) is 6.54 Å². The van der Waals surface area contributed by atoms with Crippen molar-refractivity contribution in [1.29, 1.82) is 0 Å². The van der Waals surface area contributed by atoms with E-state index in [1.165, 1.54) is 0 Å². The van der Waals surface area contributed by atoms with Crippen LogP contribution in [-0.4, -0.2) is 22.3 Å². The van der Waals surface area contributed by atoms with Crippen LogP contribution in [0, 0.1) is 0 Å². The number of carbonyl (C=O) groups is 1. The zero-order chi connectivity index (χ0) is 13.2. The summed E-state index contributed by atoms with van der Waals surface area (Å²) in [5.74, 6) is 0.102. The number of aromatic nitrogens is 1. The van der Waals surface area contributed by atoms with Crippen LogP contribution in [0.1, 0.15) is 34.2 Å². The van der Waals surface area contributed by atoms with Gasteiger partial charge in [-0.1, -0.05) is 15.9 Å². The number of hydrogen-bond donors (Lipinski definition) is 0. The van der Waals surface area contributed by atoms with Gasteiger partial charge in [-0.3, -0.25) is 4.79 Å². The Balaban J connectivity index is 1.84. The first-order valence-electron chi connectivity index (χ1n) is 6.21. The molecule has 2 heterocycles. The molecule has 1 aliphatic heterocycles. The van der Waals surface area contributed by atoms with Gasteiger partial charge in [0, 0.05) is 28.2 Å². The van der Waals surface area contributed by atoms with Gasteiger partial charge >= 0.3 is 0 Å². The SMILES string of the molecule is O=C(c1ccc(Br)cc1)N1CCCC1c1nccs1. The first-order valence-corrected chi connectivity index (χ1v) is 7.89. The summed E-state index contributed by atoms with van der Waals surface area (Å²) in [4.78, 5) is 18.9. The minimum absolute atomic E-state index is 0.102. The van der Waals surface area contributed by atoms with E-state index in [4.69, 9.17) is 0 Å². The third-order valence-electron chi connectivity index (χ3n) is 3.34. The molecule has 1 saturated heterocycles. The van der Waals surface area contributed by atoms with E-state index >= 15 is 0 Å². The largest absolute Gasteiger partial charge is 0.329 e. The van der Waals surface area contributed by atoms with Crippen LogP contribution in [0.4, 0.5) is 0 Å². The third-order valence-corrected chi connectivity index (χ3v) is 4.75. The minimum atomic E-state index is 0.102. The van der Waals surface area contributed by atoms with Crippen LogP contribution < -0.4 is 0 Å². The van der Waals surface area contributed by atoms with Gasteiger partial charge in [-0.15, -0.1) is 11.3 Å². The van der Waals surface area contributed by atoms with E-state index in [9.17, 15) is 4.79 Å². The molecule has 2 aromatic rings. The molecule has 1 fully saturated rings. The van der Waals surface area contributed by atoms with Gasteiger partial charge in [0.2, 0.25) is 0 Å². The molecule has 1 unspecified atom stereocenters. The maximum Gasteiger partial charge on any atom is 0.254 e. The fraction of sp³-hybridized carbons (Fsp3) is 0.286. The van der Waals surface area contributed by atoms with E-state index < -0.39 is 0 Å². The lowest BCUT2D eigenvalue weighted by atomic mass is 10.2. The van der Waals surface area contributed by atoms with Gasteiger partial charge < -0.3 is 4.90 Å². The first kappa shape index (κ1) is 12.8. The molecule has 0 spiro atoms. The second-order valence-corrected chi connectivity index (χ2v) is 6.38. The number of rotatable bonds is 2. The summed E-state index contributed by atoms with van der Waals surface area (Å²) >= 11 is 5.01. The fourth-order valence-electron chi connectivity index (χ4n) is 2.42. The predicted molar refractivity (Wildman–Crippen MR) is 79.3 cm³/mol. The number of thiazole rings is 1. The molecular formula is C14H13BrN2OS. The van der Waals surface area contributed by atoms with E-state index in [-0.39, 0.29) is 11.9 Å². The quantitative estimate of drug-likeness (QED) is 0.833. The Morgan fingerprint density at radius 3 is 2.84 bits per heavy atom. The monoisotopic (exact) mass is 336 g/mol. The molecule has 0 radical (unpaired) electrons. The molecule has 0 bridgehead atoms. The van der Waals surface area contributed by atoms with Crippen LogP contribution in [0.2, 0.25) is 0 Å². The minimum Gasteiger partial charge on any atom is -0.329 e. The molecule has 1 aliphatic rings. The van der Waals surface area contributed by atoms with Crippen molar-refractivity contribution in [3.63, 3.8) is 0 Å². The molecular weight excluding hydrogens is 324 g/mol. The Hall–Kier alpha value is -1.20. The van der Waals surface area contributed by atoms with Gasteiger partial charge in [0.25, 0.3) is 5.91 Å². The van der Waals surface area contributed by atoms with E-state index in [1.54, 1.807) is 17.5 Å². The van der Waals surface area contributed by atoms with Crippen LogP contribution in [-0.2, 0) is 0 Å². The fourth-order valence-corrected chi connectivity index (χ4v) is 3.47. The summed E-state index contributed by atoms with van der Waals surface area (Å²) in [7, 11) is 0. The van der Waals surface area contributed by atoms with E-state index in [2.05, 4.69) is 20.9 Å². The Morgan fingerprint density at radius 1 is 1.37 bits per heavy atom. The highest BCUT2D eigenvalue weighted by Gasteiger charge is 2.31. The van der Waals surface area contributed by atoms with Crippen molar-refractivity contribution in [2.24, 2.45) is 0 Å². The Kier molecular flexibility index (Phi) is 3.66. The maximum atomic E-state index is 12.6. The normalized spacial score (nSPS) is 18.8. The smallest absolute Gasteiger partial charge is 0.254 e. The number of benzene rings is 1. The van der Waals surface area contributed by atoms with E-state index in [0.717, 1.165) is 34.4 Å². The Bertz CT molecular complexity index is 568. The van der Waals surface area contributed by atoms with Crippen LogP contribution >= 0.6 is 27.3 Å². The van der Waals surface area contributed by atoms with Crippen LogP contribution in [0.15, 0.2) is 40.3 Å². The van der Waals surface area contributed by atoms with Gasteiger partial charge in [-0.25, -0.2) is 4.98 Å². The molecule has 0 aliphatic carbocycles. The van der Waals surface area contributed by atoms with Gasteiger partial charge in [0.1, 0.15) is 5.01 Å². The van der Waals surface area contributed by atoms with Crippen molar-refractivity contribution in [3.05, 3.63) is 50.9 Å². The van der Waals surface area contributed by atoms with Gasteiger partial charge in [0.05, 0.1) is 6.04 Å². The highest BCUT2D eigenvalue weighted by atomic mass is 79.9. The molecule has 3 rings (SSSR count). The average Bonchev–Trinajstić information content (AvgIpc) is 3.09. The van der Waals surface area contributed by atoms with Gasteiger partial charge in [-0.2, -0.15) is 0 Å². The molecule has 1 aromatic heterocycles. The van der Waals surface area contributed by atoms with Crippen LogP contribution in [0.25, 0.3) is 0 Å². The highest BCUT2D eigenvalue weighted by Crippen LogP contribution is 2.34. The second kappa shape index (κ2) is 5.43. The number of halogens is 1. The zero-order valence-electron chi connectivity index (χ0n) is 10.3. The second-order valence-electron chi connectivity index (χ2n) is 4.53. The van der Waals surface area contributed by atoms with Gasteiger partial charge in [0.15, 0.2) is 0 Å². The van der Waals surface area contributed by atoms with Crippen LogP contribution in [0.3, 0.4) is 0 Å². The van der Waals surface area contributed by atoms with Gasteiger partial charge in [-0.05, 0) is 37.1 Å². The summed E-state index contributed by atoms with van der Waals surface area (Å²) in [6, 6.07) is 7.69. The van der Waals surface area contributed by atoms with E-state index in [1.807, 2.05) is 34.5 Å². The molecule has 1 aromatic carbocycles. The molecule has 98 valence electrons. The van der Waals surface area contributed by atoms with Crippen molar-refractivity contribution in [2.45, 2.75) is 18.9 Å². The summed E-state index contributed by atoms with van der Waals surface area (Å²) in [5.41, 5.74) is 0.742. The van der Waals surface area contributed by atoms with Crippen molar-refractivity contribution in [1.82, 2.24) is 9.88 Å². The first-order chi connectivity index (χ1) is 9.25. The Morgan fingerprint density at radius 2 is 2.16 bits per heavy atom. The number of likely N-dealkylation sites (tertiary alicyclic amines) is 1. The zero-order valence-corrected chi connectivity index (χ0v) is 12.7. The lowest BCUT2D eigenvalue weighted by molar-refractivity contribution is 0.0735. The van der Waals surface area contributed by atoms with Crippen LogP contribution in [0.5, 0.6) is 0 Å². The number of carbonyl (C=O) groups excluding carboxylic acids is 1. The molecule has 19 heavy (non-hydrogen) atoms. The summed E-state index contributed by atoms with van der Waals surface area (Å²) in [5, 5.41) is 3.01. The molecule has 0 saturated carbocycles. The molecule has 0 N–H and O–H groups in total. The third kappa shape index (κ3) is 2.58. The number of hydrogen-bond acceptors (Lipinski definition) is 3. The number of nitrogens with zero attached hydrogens (tertiary/aromatic N) is 2. The topological polar surface area (TPSA) is 33.2 Å². The average molecular weight is 337 g/mol. The lowest BCUT2D eigenvalue weighted by Gasteiger charge is -2.23. The highest BCUT2D eigenvalue weighted by molar-refractivity contribution is 9.10. The predicted octanol–water partition coefficient (Wildman–Crippen LogP) is 3.88. The summed E-state index contributed by atoms with van der Waals surface area (Å²) < 4.78 is 0.988. The number of amides is 1. The summed E-state index contributed by atoms with van der Waals surface area (Å²) in [6.07, 6.45) is 3.86. The van der Waals surface area contributed by atoms with Crippen molar-refractivity contribution in [3.8, 4) is 0 Å².